The first-order valence-corrected chi connectivity index (χ1v) is 7.70. The van der Waals surface area contributed by atoms with Crippen LogP contribution in [0.4, 0.5) is 0 Å². The zero-order chi connectivity index (χ0) is 14.7. The summed E-state index contributed by atoms with van der Waals surface area (Å²) < 4.78 is 6.35. The number of hydrogen-bond acceptors (Lipinski definition) is 5. The van der Waals surface area contributed by atoms with Gasteiger partial charge in [-0.2, -0.15) is 4.98 Å². The minimum Gasteiger partial charge on any atom is -0.335 e. The van der Waals surface area contributed by atoms with Gasteiger partial charge in [-0.1, -0.05) is 39.3 Å². The van der Waals surface area contributed by atoms with E-state index < -0.39 is 0 Å². The Morgan fingerprint density at radius 3 is 3.05 bits per heavy atom. The lowest BCUT2D eigenvalue weighted by Crippen LogP contribution is -2.44. The number of nitrogens with zero attached hydrogens (tertiary/aromatic N) is 3. The van der Waals surface area contributed by atoms with Crippen molar-refractivity contribution in [2.24, 2.45) is 0 Å². The van der Waals surface area contributed by atoms with Gasteiger partial charge in [-0.3, -0.25) is 4.90 Å². The molecule has 2 aromatic rings. The molecule has 0 aliphatic carbocycles. The van der Waals surface area contributed by atoms with Crippen molar-refractivity contribution in [2.45, 2.75) is 6.04 Å². The molecule has 0 radical (unpaired) electrons. The highest BCUT2D eigenvalue weighted by Crippen LogP contribution is 2.20. The van der Waals surface area contributed by atoms with Crippen LogP contribution in [0, 0.1) is 0 Å². The third kappa shape index (κ3) is 3.40. The van der Waals surface area contributed by atoms with Gasteiger partial charge in [0.15, 0.2) is 5.82 Å². The summed E-state index contributed by atoms with van der Waals surface area (Å²) in [5.41, 5.74) is 1.08. The molecule has 0 amide bonds. The molecular weight excluding hydrogens is 332 g/mol. The van der Waals surface area contributed by atoms with Gasteiger partial charge in [-0.25, -0.2) is 0 Å². The van der Waals surface area contributed by atoms with Crippen LogP contribution in [-0.2, 0) is 0 Å². The fourth-order valence-corrected chi connectivity index (χ4v) is 2.73. The smallest absolute Gasteiger partial charge is 0.250 e. The van der Waals surface area contributed by atoms with E-state index in [0.717, 1.165) is 35.5 Å². The van der Waals surface area contributed by atoms with Gasteiger partial charge in [0.1, 0.15) is 0 Å². The summed E-state index contributed by atoms with van der Waals surface area (Å²) in [7, 11) is 2.08. The van der Waals surface area contributed by atoms with Crippen molar-refractivity contribution in [1.82, 2.24) is 20.4 Å². The second-order valence-corrected chi connectivity index (χ2v) is 5.90. The van der Waals surface area contributed by atoms with Gasteiger partial charge < -0.3 is 9.84 Å². The first-order chi connectivity index (χ1) is 10.2. The van der Waals surface area contributed by atoms with E-state index in [4.69, 9.17) is 4.52 Å². The number of likely N-dealkylation sites (N-methyl/N-ethyl adjacent to an activating group) is 1. The van der Waals surface area contributed by atoms with Crippen molar-refractivity contribution in [2.75, 3.05) is 26.7 Å². The topological polar surface area (TPSA) is 54.2 Å². The summed E-state index contributed by atoms with van der Waals surface area (Å²) in [6, 6.07) is 8.18. The Balaban J connectivity index is 1.74. The number of piperazine rings is 1. The number of nitrogens with one attached hydrogen (secondary N) is 1. The lowest BCUT2D eigenvalue weighted by Gasteiger charge is -2.30. The third-order valence-corrected chi connectivity index (χ3v) is 4.30. The Bertz CT molecular complexity index is 640. The molecule has 2 heterocycles. The van der Waals surface area contributed by atoms with Crippen LogP contribution in [0.15, 0.2) is 33.3 Å². The largest absolute Gasteiger partial charge is 0.335 e. The van der Waals surface area contributed by atoms with Crippen molar-refractivity contribution in [3.63, 3.8) is 0 Å². The number of aromatic nitrogens is 2. The van der Waals surface area contributed by atoms with Crippen LogP contribution in [0.1, 0.15) is 23.3 Å². The van der Waals surface area contributed by atoms with E-state index in [9.17, 15) is 0 Å². The van der Waals surface area contributed by atoms with Crippen LogP contribution >= 0.6 is 15.9 Å². The third-order valence-electron chi connectivity index (χ3n) is 3.58. The number of halogens is 1. The van der Waals surface area contributed by atoms with Crippen molar-refractivity contribution in [3.05, 3.63) is 46.0 Å². The van der Waals surface area contributed by atoms with Crippen molar-refractivity contribution >= 4 is 28.1 Å². The zero-order valence-corrected chi connectivity index (χ0v) is 13.4. The Morgan fingerprint density at radius 1 is 1.38 bits per heavy atom. The number of benzene rings is 1. The zero-order valence-electron chi connectivity index (χ0n) is 11.8. The summed E-state index contributed by atoms with van der Waals surface area (Å²) >= 11 is 3.51. The first kappa shape index (κ1) is 14.4. The van der Waals surface area contributed by atoms with Gasteiger partial charge in [-0.15, -0.1) is 0 Å². The summed E-state index contributed by atoms with van der Waals surface area (Å²) in [4.78, 5) is 6.71. The van der Waals surface area contributed by atoms with E-state index in [1.165, 1.54) is 0 Å². The standard InChI is InChI=1S/C15H17BrN4O/c1-20-9-8-17-10-13(20)15-18-14(21-19-15)7-6-11-4-2-3-5-12(11)16/h2-7,13,17H,8-10H2,1H3/b7-6+. The van der Waals surface area contributed by atoms with Crippen LogP contribution in [0.25, 0.3) is 12.2 Å². The van der Waals surface area contributed by atoms with Crippen LogP contribution < -0.4 is 5.32 Å². The number of hydrogen-bond donors (Lipinski definition) is 1. The molecule has 1 unspecified atom stereocenters. The van der Waals surface area contributed by atoms with E-state index in [-0.39, 0.29) is 6.04 Å². The highest BCUT2D eigenvalue weighted by Gasteiger charge is 2.24. The fraction of sp³-hybridized carbons (Fsp3) is 0.333. The molecule has 1 fully saturated rings. The molecule has 0 bridgehead atoms. The van der Waals surface area contributed by atoms with E-state index in [0.29, 0.717) is 5.89 Å². The molecule has 110 valence electrons. The molecule has 0 saturated carbocycles. The SMILES string of the molecule is CN1CCNCC1c1noc(/C=C/c2ccccc2Br)n1. The lowest BCUT2D eigenvalue weighted by atomic mass is 10.2. The summed E-state index contributed by atoms with van der Waals surface area (Å²) in [6.45, 7) is 2.84. The first-order valence-electron chi connectivity index (χ1n) is 6.91. The van der Waals surface area contributed by atoms with Crippen LogP contribution in [-0.4, -0.2) is 41.7 Å². The molecule has 1 aliphatic heterocycles. The monoisotopic (exact) mass is 348 g/mol. The van der Waals surface area contributed by atoms with E-state index >= 15 is 0 Å². The molecule has 6 heteroatoms. The maximum absolute atomic E-state index is 5.31. The normalized spacial score (nSPS) is 20.2. The van der Waals surface area contributed by atoms with Gasteiger partial charge >= 0.3 is 0 Å². The second-order valence-electron chi connectivity index (χ2n) is 5.05. The van der Waals surface area contributed by atoms with Gasteiger partial charge in [0.2, 0.25) is 0 Å². The predicted octanol–water partition coefficient (Wildman–Crippen LogP) is 2.58. The fourth-order valence-electron chi connectivity index (χ4n) is 2.32. The molecule has 1 aromatic heterocycles. The van der Waals surface area contributed by atoms with Crippen molar-refractivity contribution in [1.29, 1.82) is 0 Å². The van der Waals surface area contributed by atoms with E-state index in [1.807, 2.05) is 36.4 Å². The van der Waals surface area contributed by atoms with Gasteiger partial charge in [-0.05, 0) is 24.8 Å². The molecule has 1 atom stereocenters. The van der Waals surface area contributed by atoms with Crippen LogP contribution in [0.3, 0.4) is 0 Å². The predicted molar refractivity (Wildman–Crippen MR) is 85.6 cm³/mol. The molecule has 1 saturated heterocycles. The molecular formula is C15H17BrN4O. The molecule has 1 aliphatic rings. The quantitative estimate of drug-likeness (QED) is 0.923. The molecule has 3 rings (SSSR count). The molecule has 1 aromatic carbocycles. The molecule has 5 nitrogen and oxygen atoms in total. The minimum absolute atomic E-state index is 0.174. The average molecular weight is 349 g/mol. The van der Waals surface area contributed by atoms with Crippen molar-refractivity contribution in [3.8, 4) is 0 Å². The minimum atomic E-state index is 0.174. The highest BCUT2D eigenvalue weighted by molar-refractivity contribution is 9.10. The molecule has 0 spiro atoms. The maximum atomic E-state index is 5.31. The van der Waals surface area contributed by atoms with E-state index in [2.05, 4.69) is 43.3 Å². The molecule has 21 heavy (non-hydrogen) atoms. The Morgan fingerprint density at radius 2 is 2.24 bits per heavy atom. The Labute approximate surface area is 132 Å². The van der Waals surface area contributed by atoms with Crippen molar-refractivity contribution < 1.29 is 4.52 Å². The highest BCUT2D eigenvalue weighted by atomic mass is 79.9. The average Bonchev–Trinajstić information content (AvgIpc) is 2.96. The lowest BCUT2D eigenvalue weighted by molar-refractivity contribution is 0.190. The van der Waals surface area contributed by atoms with Crippen LogP contribution in [0.2, 0.25) is 0 Å². The number of rotatable bonds is 3. The maximum Gasteiger partial charge on any atom is 0.250 e. The van der Waals surface area contributed by atoms with Crippen LogP contribution in [0.5, 0.6) is 0 Å². The van der Waals surface area contributed by atoms with Gasteiger partial charge in [0, 0.05) is 30.2 Å². The van der Waals surface area contributed by atoms with Gasteiger partial charge in [0.05, 0.1) is 6.04 Å². The second kappa shape index (κ2) is 6.51. The molecule has 1 N–H and O–H groups in total. The summed E-state index contributed by atoms with van der Waals surface area (Å²) in [5, 5.41) is 7.44. The Hall–Kier alpha value is -1.50. The van der Waals surface area contributed by atoms with Gasteiger partial charge in [0.25, 0.3) is 5.89 Å². The summed E-state index contributed by atoms with van der Waals surface area (Å²) in [5.74, 6) is 1.26. The summed E-state index contributed by atoms with van der Waals surface area (Å²) in [6.07, 6.45) is 3.80. The Kier molecular flexibility index (Phi) is 4.48. The van der Waals surface area contributed by atoms with E-state index in [1.54, 1.807) is 0 Å².